The van der Waals surface area contributed by atoms with E-state index in [4.69, 9.17) is 4.74 Å². The number of aryl methyl sites for hydroxylation is 2. The molecule has 2 heterocycles. The highest BCUT2D eigenvalue weighted by atomic mass is 16.5. The van der Waals surface area contributed by atoms with Crippen LogP contribution in [0.1, 0.15) is 54.9 Å². The number of carboxylic acids is 1. The summed E-state index contributed by atoms with van der Waals surface area (Å²) in [4.78, 5) is 18.8. The number of pyridine rings is 1. The van der Waals surface area contributed by atoms with E-state index in [9.17, 15) is 15.0 Å². The summed E-state index contributed by atoms with van der Waals surface area (Å²) in [5.74, 6) is -0.320. The minimum absolute atomic E-state index is 0.0725. The standard InChI is InChI=1S/C30H38N2O4/c1-21-6-5-8-22(18-21)7-3-4-16-32-17-14-23(27(20-32)30(34)35)9-12-29(33)25-13-15-31-28-11-10-24(36-2)19-26(25)28/h5-6,8,10-11,13,15,18-19,23,27,29,33H,3-4,7,9,12,14,16-17,20H2,1-2H3,(H,34,35)/t23-,27+,29?/m1/s1. The monoisotopic (exact) mass is 490 g/mol. The molecule has 1 aliphatic heterocycles. The Kier molecular flexibility index (Phi) is 8.94. The number of hydrogen-bond acceptors (Lipinski definition) is 5. The number of likely N-dealkylation sites (tertiary alicyclic amines) is 1. The second-order valence-electron chi connectivity index (χ2n) is 10.1. The van der Waals surface area contributed by atoms with Crippen LogP contribution in [0.25, 0.3) is 10.9 Å². The van der Waals surface area contributed by atoms with Gasteiger partial charge >= 0.3 is 5.97 Å². The van der Waals surface area contributed by atoms with Crippen molar-refractivity contribution in [1.82, 2.24) is 9.88 Å². The predicted octanol–water partition coefficient (Wildman–Crippen LogP) is 5.41. The van der Waals surface area contributed by atoms with Crippen molar-refractivity contribution >= 4 is 16.9 Å². The molecule has 1 aromatic heterocycles. The summed E-state index contributed by atoms with van der Waals surface area (Å²) in [5.41, 5.74) is 4.29. The van der Waals surface area contributed by atoms with Gasteiger partial charge in [-0.2, -0.15) is 0 Å². The molecule has 192 valence electrons. The second kappa shape index (κ2) is 12.3. The normalized spacial score (nSPS) is 19.3. The fourth-order valence-corrected chi connectivity index (χ4v) is 5.52. The zero-order valence-electron chi connectivity index (χ0n) is 21.4. The third kappa shape index (κ3) is 6.62. The van der Waals surface area contributed by atoms with Gasteiger partial charge in [-0.3, -0.25) is 9.78 Å². The number of aliphatic carboxylic acids is 1. The molecule has 1 aliphatic rings. The van der Waals surface area contributed by atoms with Crippen molar-refractivity contribution < 1.29 is 19.7 Å². The molecular formula is C30H38N2O4. The topological polar surface area (TPSA) is 82.9 Å². The number of piperidine rings is 1. The second-order valence-corrected chi connectivity index (χ2v) is 10.1. The molecule has 2 N–H and O–H groups in total. The molecule has 1 saturated heterocycles. The number of nitrogens with zero attached hydrogens (tertiary/aromatic N) is 2. The Balaban J connectivity index is 1.29. The summed E-state index contributed by atoms with van der Waals surface area (Å²) >= 11 is 0. The maximum Gasteiger partial charge on any atom is 0.308 e. The molecule has 4 rings (SSSR count). The minimum atomic E-state index is -0.724. The number of fused-ring (bicyclic) bond motifs is 1. The predicted molar refractivity (Wildman–Crippen MR) is 142 cm³/mol. The van der Waals surface area contributed by atoms with Crippen molar-refractivity contribution in [2.45, 2.75) is 51.6 Å². The van der Waals surface area contributed by atoms with Gasteiger partial charge in [-0.1, -0.05) is 29.8 Å². The third-order valence-corrected chi connectivity index (χ3v) is 7.58. The van der Waals surface area contributed by atoms with E-state index in [1.807, 2.05) is 24.3 Å². The molecule has 0 aliphatic carbocycles. The maximum absolute atomic E-state index is 12.1. The third-order valence-electron chi connectivity index (χ3n) is 7.58. The molecule has 6 nitrogen and oxygen atoms in total. The SMILES string of the molecule is COc1ccc2nccc(C(O)CC[C@@H]3CCN(CCCCc4cccc(C)c4)C[C@@H]3C(=O)O)c2c1. The molecular weight excluding hydrogens is 452 g/mol. The number of rotatable bonds is 11. The summed E-state index contributed by atoms with van der Waals surface area (Å²) in [5, 5.41) is 21.8. The van der Waals surface area contributed by atoms with Crippen molar-refractivity contribution in [3.05, 3.63) is 71.4 Å². The highest BCUT2D eigenvalue weighted by Gasteiger charge is 2.34. The van der Waals surface area contributed by atoms with Crippen LogP contribution in [0.3, 0.4) is 0 Å². The first kappa shape index (κ1) is 26.1. The van der Waals surface area contributed by atoms with Crippen LogP contribution in [0.15, 0.2) is 54.7 Å². The summed E-state index contributed by atoms with van der Waals surface area (Å²) in [6.45, 7) is 4.57. The van der Waals surface area contributed by atoms with Crippen LogP contribution in [-0.2, 0) is 11.2 Å². The van der Waals surface area contributed by atoms with E-state index in [1.54, 1.807) is 13.3 Å². The summed E-state index contributed by atoms with van der Waals surface area (Å²) in [6, 6.07) is 16.1. The van der Waals surface area contributed by atoms with Crippen LogP contribution in [0.4, 0.5) is 0 Å². The highest BCUT2D eigenvalue weighted by molar-refractivity contribution is 5.83. The van der Waals surface area contributed by atoms with Crippen LogP contribution in [0.5, 0.6) is 5.75 Å². The molecule has 0 saturated carbocycles. The van der Waals surface area contributed by atoms with Gasteiger partial charge in [-0.25, -0.2) is 0 Å². The Labute approximate surface area is 213 Å². The van der Waals surface area contributed by atoms with Gasteiger partial charge in [-0.15, -0.1) is 0 Å². The smallest absolute Gasteiger partial charge is 0.308 e. The van der Waals surface area contributed by atoms with Crippen molar-refractivity contribution in [2.24, 2.45) is 11.8 Å². The number of hydrogen-bond donors (Lipinski definition) is 2. The van der Waals surface area contributed by atoms with Crippen molar-refractivity contribution in [1.29, 1.82) is 0 Å². The van der Waals surface area contributed by atoms with Gasteiger partial charge in [0.05, 0.1) is 24.6 Å². The van der Waals surface area contributed by atoms with E-state index in [1.165, 1.54) is 11.1 Å². The summed E-state index contributed by atoms with van der Waals surface area (Å²) in [6.07, 6.45) is 6.36. The van der Waals surface area contributed by atoms with Gasteiger partial charge in [0.15, 0.2) is 0 Å². The fraction of sp³-hybridized carbons (Fsp3) is 0.467. The fourth-order valence-electron chi connectivity index (χ4n) is 5.52. The van der Waals surface area contributed by atoms with Crippen molar-refractivity contribution in [3.8, 4) is 5.75 Å². The molecule has 1 fully saturated rings. The average Bonchev–Trinajstić information content (AvgIpc) is 2.89. The Bertz CT molecular complexity index is 1160. The van der Waals surface area contributed by atoms with Crippen LogP contribution in [-0.4, -0.2) is 52.8 Å². The number of aliphatic hydroxyl groups excluding tert-OH is 1. The lowest BCUT2D eigenvalue weighted by atomic mass is 9.81. The first-order chi connectivity index (χ1) is 17.4. The van der Waals surface area contributed by atoms with E-state index in [-0.39, 0.29) is 5.92 Å². The molecule has 0 amide bonds. The molecule has 3 aromatic rings. The lowest BCUT2D eigenvalue weighted by Crippen LogP contribution is -2.44. The van der Waals surface area contributed by atoms with Crippen molar-refractivity contribution in [3.63, 3.8) is 0 Å². The highest BCUT2D eigenvalue weighted by Crippen LogP contribution is 2.33. The Morgan fingerprint density at radius 3 is 2.83 bits per heavy atom. The van der Waals surface area contributed by atoms with E-state index >= 15 is 0 Å². The lowest BCUT2D eigenvalue weighted by molar-refractivity contribution is -0.146. The lowest BCUT2D eigenvalue weighted by Gasteiger charge is -2.37. The zero-order valence-corrected chi connectivity index (χ0v) is 21.4. The number of carboxylic acid groups (broad SMARTS) is 1. The number of unbranched alkanes of at least 4 members (excludes halogenated alkanes) is 1. The minimum Gasteiger partial charge on any atom is -0.497 e. The summed E-state index contributed by atoms with van der Waals surface area (Å²) in [7, 11) is 1.62. The molecule has 3 atom stereocenters. The van der Waals surface area contributed by atoms with Gasteiger partial charge in [0, 0.05) is 18.1 Å². The Hall–Kier alpha value is -2.96. The maximum atomic E-state index is 12.1. The molecule has 0 bridgehead atoms. The Morgan fingerprint density at radius 2 is 2.06 bits per heavy atom. The van der Waals surface area contributed by atoms with Gasteiger partial charge in [0.25, 0.3) is 0 Å². The van der Waals surface area contributed by atoms with Crippen LogP contribution < -0.4 is 4.74 Å². The number of carbonyl (C=O) groups is 1. The molecule has 0 spiro atoms. The van der Waals surface area contributed by atoms with Gasteiger partial charge < -0.3 is 19.8 Å². The molecule has 6 heteroatoms. The molecule has 1 unspecified atom stereocenters. The van der Waals surface area contributed by atoms with Gasteiger partial charge in [-0.05, 0) is 99.8 Å². The molecule has 36 heavy (non-hydrogen) atoms. The first-order valence-corrected chi connectivity index (χ1v) is 13.1. The number of benzene rings is 2. The van der Waals surface area contributed by atoms with Crippen LogP contribution >= 0.6 is 0 Å². The van der Waals surface area contributed by atoms with Gasteiger partial charge in [0.1, 0.15) is 5.75 Å². The first-order valence-electron chi connectivity index (χ1n) is 13.1. The number of ether oxygens (including phenoxy) is 1. The summed E-state index contributed by atoms with van der Waals surface area (Å²) < 4.78 is 5.35. The van der Waals surface area contributed by atoms with Crippen LogP contribution in [0, 0.1) is 18.8 Å². The largest absolute Gasteiger partial charge is 0.497 e. The van der Waals surface area contributed by atoms with Crippen molar-refractivity contribution in [2.75, 3.05) is 26.7 Å². The number of methoxy groups -OCH3 is 1. The zero-order chi connectivity index (χ0) is 25.5. The molecule has 2 aromatic carbocycles. The van der Waals surface area contributed by atoms with E-state index in [2.05, 4.69) is 41.1 Å². The van der Waals surface area contributed by atoms with E-state index in [0.29, 0.717) is 19.4 Å². The average molecular weight is 491 g/mol. The molecule has 0 radical (unpaired) electrons. The quantitative estimate of drug-likeness (QED) is 0.350. The number of aliphatic hydroxyl groups is 1. The van der Waals surface area contributed by atoms with E-state index in [0.717, 1.165) is 61.0 Å². The van der Waals surface area contributed by atoms with Crippen LogP contribution in [0.2, 0.25) is 0 Å². The Morgan fingerprint density at radius 1 is 1.19 bits per heavy atom. The van der Waals surface area contributed by atoms with E-state index < -0.39 is 18.0 Å². The number of aromatic nitrogens is 1. The van der Waals surface area contributed by atoms with Gasteiger partial charge in [0.2, 0.25) is 0 Å².